The van der Waals surface area contributed by atoms with Crippen LogP contribution in [0.4, 0.5) is 0 Å². The minimum Gasteiger partial charge on any atom is -0.356 e. The second-order valence-electron chi connectivity index (χ2n) is 3.59. The van der Waals surface area contributed by atoms with Crippen LogP contribution in [0.15, 0.2) is 0 Å². The molecule has 0 aromatic carbocycles. The Morgan fingerprint density at radius 2 is 2.33 bits per heavy atom. The second kappa shape index (κ2) is 3.08. The summed E-state index contributed by atoms with van der Waals surface area (Å²) < 4.78 is 10.8. The lowest BCUT2D eigenvalue weighted by molar-refractivity contribution is -0.114. The lowest BCUT2D eigenvalue weighted by Crippen LogP contribution is -2.12. The van der Waals surface area contributed by atoms with E-state index in [9.17, 15) is 0 Å². The number of hydrogen-bond donors (Lipinski definition) is 0. The van der Waals surface area contributed by atoms with E-state index in [1.165, 1.54) is 0 Å². The van der Waals surface area contributed by atoms with E-state index in [1.807, 2.05) is 0 Å². The van der Waals surface area contributed by atoms with Gasteiger partial charge in [0.25, 0.3) is 0 Å². The van der Waals surface area contributed by atoms with E-state index in [0.717, 1.165) is 19.3 Å². The number of rotatable bonds is 1. The molecule has 2 fully saturated rings. The first-order valence-electron chi connectivity index (χ1n) is 4.49. The zero-order chi connectivity index (χ0) is 8.55. The Kier molecular flexibility index (Phi) is 2.08. The third kappa shape index (κ3) is 1.14. The van der Waals surface area contributed by atoms with Crippen LogP contribution in [-0.4, -0.2) is 19.5 Å². The average molecular weight is 166 g/mol. The predicted molar refractivity (Wildman–Crippen MR) is 45.3 cm³/mol. The van der Waals surface area contributed by atoms with Crippen molar-refractivity contribution < 1.29 is 9.47 Å². The Morgan fingerprint density at radius 3 is 3.00 bits per heavy atom. The van der Waals surface area contributed by atoms with Crippen LogP contribution in [0.2, 0.25) is 0 Å². The van der Waals surface area contributed by atoms with E-state index in [4.69, 9.17) is 15.9 Å². The fourth-order valence-corrected chi connectivity index (χ4v) is 2.35. The molecule has 1 heterocycles. The normalized spacial score (nSPS) is 45.7. The molecule has 2 heteroatoms. The molecule has 2 rings (SSSR count). The summed E-state index contributed by atoms with van der Waals surface area (Å²) >= 11 is 0. The molecule has 2 aliphatic rings. The summed E-state index contributed by atoms with van der Waals surface area (Å²) in [4.78, 5) is 0. The number of methoxy groups -OCH3 is 1. The molecule has 4 unspecified atom stereocenters. The van der Waals surface area contributed by atoms with Gasteiger partial charge in [-0.2, -0.15) is 0 Å². The van der Waals surface area contributed by atoms with Crippen LogP contribution in [0.5, 0.6) is 0 Å². The summed E-state index contributed by atoms with van der Waals surface area (Å²) in [6.45, 7) is 0. The van der Waals surface area contributed by atoms with Crippen molar-refractivity contribution in [2.75, 3.05) is 7.11 Å². The van der Waals surface area contributed by atoms with Crippen LogP contribution >= 0.6 is 0 Å². The van der Waals surface area contributed by atoms with Crippen LogP contribution in [0.25, 0.3) is 0 Å². The quantitative estimate of drug-likeness (QED) is 0.548. The van der Waals surface area contributed by atoms with E-state index in [2.05, 4.69) is 5.92 Å². The van der Waals surface area contributed by atoms with Gasteiger partial charge >= 0.3 is 0 Å². The smallest absolute Gasteiger partial charge is 0.157 e. The zero-order valence-electron chi connectivity index (χ0n) is 7.32. The molecule has 0 radical (unpaired) electrons. The molecule has 66 valence electrons. The van der Waals surface area contributed by atoms with Crippen LogP contribution in [0, 0.1) is 24.2 Å². The first-order valence-corrected chi connectivity index (χ1v) is 4.49. The third-order valence-corrected chi connectivity index (χ3v) is 3.02. The van der Waals surface area contributed by atoms with E-state index < -0.39 is 0 Å². The summed E-state index contributed by atoms with van der Waals surface area (Å²) in [6, 6.07) is 0. The highest BCUT2D eigenvalue weighted by Gasteiger charge is 2.43. The van der Waals surface area contributed by atoms with Gasteiger partial charge < -0.3 is 9.47 Å². The molecule has 4 atom stereocenters. The Hall–Kier alpha value is -0.520. The summed E-state index contributed by atoms with van der Waals surface area (Å²) in [6.07, 6.45) is 9.02. The van der Waals surface area contributed by atoms with Crippen molar-refractivity contribution in [2.24, 2.45) is 11.8 Å². The number of terminal acetylenes is 1. The van der Waals surface area contributed by atoms with Gasteiger partial charge in [-0.3, -0.25) is 0 Å². The minimum absolute atomic E-state index is 0.00356. The van der Waals surface area contributed by atoms with Crippen molar-refractivity contribution in [1.82, 2.24) is 0 Å². The van der Waals surface area contributed by atoms with Gasteiger partial charge in [0.15, 0.2) is 6.29 Å². The van der Waals surface area contributed by atoms with Crippen molar-refractivity contribution in [3.05, 3.63) is 0 Å². The average Bonchev–Trinajstić information content (AvgIpc) is 2.61. The van der Waals surface area contributed by atoms with Gasteiger partial charge in [-0.15, -0.1) is 12.3 Å². The molecule has 0 amide bonds. The van der Waals surface area contributed by atoms with Crippen molar-refractivity contribution in [2.45, 2.75) is 31.7 Å². The molecule has 0 bridgehead atoms. The Morgan fingerprint density at radius 1 is 1.50 bits per heavy atom. The summed E-state index contributed by atoms with van der Waals surface area (Å²) in [5.74, 6) is 3.83. The van der Waals surface area contributed by atoms with Crippen LogP contribution in [0.1, 0.15) is 19.3 Å². The summed E-state index contributed by atoms with van der Waals surface area (Å²) in [7, 11) is 1.69. The summed E-state index contributed by atoms with van der Waals surface area (Å²) in [5, 5.41) is 0. The van der Waals surface area contributed by atoms with Crippen LogP contribution in [0.3, 0.4) is 0 Å². The van der Waals surface area contributed by atoms with Crippen LogP contribution < -0.4 is 0 Å². The predicted octanol–water partition coefficient (Wildman–Crippen LogP) is 1.41. The number of ether oxygens (including phenoxy) is 2. The van der Waals surface area contributed by atoms with Gasteiger partial charge in [0.1, 0.15) is 0 Å². The van der Waals surface area contributed by atoms with Gasteiger partial charge in [-0.1, -0.05) is 0 Å². The van der Waals surface area contributed by atoms with Crippen molar-refractivity contribution in [3.63, 3.8) is 0 Å². The third-order valence-electron chi connectivity index (χ3n) is 3.02. The highest BCUT2D eigenvalue weighted by Crippen LogP contribution is 2.42. The van der Waals surface area contributed by atoms with E-state index >= 15 is 0 Å². The van der Waals surface area contributed by atoms with Crippen LogP contribution in [-0.2, 0) is 9.47 Å². The standard InChI is InChI=1S/C10H14O2/c1-3-7-4-5-9-8(7)6-10(11-2)12-9/h1,7-10H,4-6H2,2H3. The van der Waals surface area contributed by atoms with Gasteiger partial charge in [-0.25, -0.2) is 0 Å². The van der Waals surface area contributed by atoms with E-state index in [0.29, 0.717) is 17.9 Å². The molecule has 0 aromatic rings. The number of fused-ring (bicyclic) bond motifs is 1. The molecular weight excluding hydrogens is 152 g/mol. The molecule has 1 saturated carbocycles. The zero-order valence-corrected chi connectivity index (χ0v) is 7.32. The fraction of sp³-hybridized carbons (Fsp3) is 0.800. The Labute approximate surface area is 73.2 Å². The maximum Gasteiger partial charge on any atom is 0.157 e. The lowest BCUT2D eigenvalue weighted by atomic mass is 9.94. The topological polar surface area (TPSA) is 18.5 Å². The molecule has 1 saturated heterocycles. The molecule has 0 N–H and O–H groups in total. The molecule has 2 nitrogen and oxygen atoms in total. The fourth-order valence-electron chi connectivity index (χ4n) is 2.35. The van der Waals surface area contributed by atoms with Gasteiger partial charge in [0.2, 0.25) is 0 Å². The van der Waals surface area contributed by atoms with Gasteiger partial charge in [0.05, 0.1) is 6.10 Å². The Balaban J connectivity index is 2.02. The van der Waals surface area contributed by atoms with E-state index in [-0.39, 0.29) is 6.29 Å². The first-order chi connectivity index (χ1) is 5.85. The number of hydrogen-bond acceptors (Lipinski definition) is 2. The maximum atomic E-state index is 5.65. The van der Waals surface area contributed by atoms with Crippen molar-refractivity contribution in [1.29, 1.82) is 0 Å². The highest BCUT2D eigenvalue weighted by molar-refractivity contribution is 5.04. The molecule has 12 heavy (non-hydrogen) atoms. The summed E-state index contributed by atoms with van der Waals surface area (Å²) in [5.41, 5.74) is 0. The lowest BCUT2D eigenvalue weighted by Gasteiger charge is -2.09. The van der Waals surface area contributed by atoms with Gasteiger partial charge in [-0.05, 0) is 12.8 Å². The maximum absolute atomic E-state index is 5.65. The first kappa shape index (κ1) is 8.10. The minimum atomic E-state index is -0.00356. The van der Waals surface area contributed by atoms with Crippen molar-refractivity contribution in [3.8, 4) is 12.3 Å². The monoisotopic (exact) mass is 166 g/mol. The largest absolute Gasteiger partial charge is 0.356 e. The van der Waals surface area contributed by atoms with Crippen molar-refractivity contribution >= 4 is 0 Å². The molecule has 0 aromatic heterocycles. The molecule has 1 aliphatic carbocycles. The molecule has 1 aliphatic heterocycles. The Bertz CT molecular complexity index is 206. The van der Waals surface area contributed by atoms with Gasteiger partial charge in [0, 0.05) is 25.4 Å². The second-order valence-corrected chi connectivity index (χ2v) is 3.59. The molecule has 0 spiro atoms. The van der Waals surface area contributed by atoms with E-state index in [1.54, 1.807) is 7.11 Å². The highest BCUT2D eigenvalue weighted by atomic mass is 16.7. The SMILES string of the molecule is C#CC1CCC2OC(OC)CC12. The molecular formula is C10H14O2.